The normalized spacial score (nSPS) is 14.4. The Bertz CT molecular complexity index is 1800. The summed E-state index contributed by atoms with van der Waals surface area (Å²) in [6.45, 7) is 8.09. The lowest BCUT2D eigenvalue weighted by Gasteiger charge is -2.31. The maximum absolute atomic E-state index is 13.0. The summed E-state index contributed by atoms with van der Waals surface area (Å²) in [6, 6.07) is 9.74. The van der Waals surface area contributed by atoms with E-state index in [4.69, 9.17) is 22.1 Å². The molecule has 4 aromatic rings. The number of piperidine rings is 1. The molecule has 0 unspecified atom stereocenters. The number of para-hydroxylation sites is 1. The number of amides is 2. The molecule has 0 spiro atoms. The first-order chi connectivity index (χ1) is 20.8. The van der Waals surface area contributed by atoms with Crippen LogP contribution in [0.2, 0.25) is 5.02 Å². The molecule has 1 saturated heterocycles. The Morgan fingerprint density at radius 2 is 1.82 bits per heavy atom. The Balaban J connectivity index is 1.47. The number of sulfone groups is 1. The minimum absolute atomic E-state index is 0.000468. The van der Waals surface area contributed by atoms with Crippen LogP contribution in [-0.4, -0.2) is 63.4 Å². The van der Waals surface area contributed by atoms with Crippen LogP contribution in [0.15, 0.2) is 53.7 Å². The Labute approximate surface area is 261 Å². The smallest absolute Gasteiger partial charge is 0.314 e. The second-order valence-electron chi connectivity index (χ2n) is 11.2. The number of likely N-dealkylation sites (tertiary alicyclic amines) is 1. The molecule has 1 fully saturated rings. The summed E-state index contributed by atoms with van der Waals surface area (Å²) in [5.74, 6) is 1.000. The van der Waals surface area contributed by atoms with Crippen molar-refractivity contribution >= 4 is 61.4 Å². The number of carbonyl (C=O) groups is 1. The van der Waals surface area contributed by atoms with Crippen LogP contribution in [0.5, 0.6) is 11.6 Å². The molecule has 0 bridgehead atoms. The van der Waals surface area contributed by atoms with Crippen molar-refractivity contribution in [3.05, 3.63) is 53.8 Å². The predicted molar refractivity (Wildman–Crippen MR) is 171 cm³/mol. The van der Waals surface area contributed by atoms with E-state index in [-0.39, 0.29) is 39.7 Å². The summed E-state index contributed by atoms with van der Waals surface area (Å²) in [5, 5.41) is 18.4. The number of nitrogens with two attached hydrogens (primary N) is 1. The average Bonchev–Trinajstić information content (AvgIpc) is 3.29. The van der Waals surface area contributed by atoms with Gasteiger partial charge in [0.15, 0.2) is 21.5 Å². The van der Waals surface area contributed by atoms with Gasteiger partial charge in [-0.2, -0.15) is 4.98 Å². The largest absolute Gasteiger partial charge is 0.494 e. The van der Waals surface area contributed by atoms with E-state index in [0.717, 1.165) is 5.39 Å². The SMILES string of the molecule is CC(C)Oc1cc2cn(C3CCN(C(N)=O)CC3)c(O)c2cc1Nc1ncc(Cl)c(Nc2ccccc2S(=O)(=O)C(C)C)n1. The molecule has 44 heavy (non-hydrogen) atoms. The number of carbonyl (C=O) groups excluding carboxylic acids is 1. The fourth-order valence-corrected chi connectivity index (χ4v) is 6.51. The lowest BCUT2D eigenvalue weighted by atomic mass is 10.1. The Morgan fingerprint density at radius 3 is 2.48 bits per heavy atom. The third-order valence-electron chi connectivity index (χ3n) is 7.51. The molecule has 0 atom stereocenters. The summed E-state index contributed by atoms with van der Waals surface area (Å²) in [5.41, 5.74) is 6.29. The van der Waals surface area contributed by atoms with Crippen molar-refractivity contribution in [2.45, 2.75) is 62.8 Å². The van der Waals surface area contributed by atoms with Gasteiger partial charge in [-0.3, -0.25) is 0 Å². The second-order valence-corrected chi connectivity index (χ2v) is 14.1. The van der Waals surface area contributed by atoms with Gasteiger partial charge >= 0.3 is 6.03 Å². The number of fused-ring (bicyclic) bond motifs is 1. The third-order valence-corrected chi connectivity index (χ3v) is 9.99. The van der Waals surface area contributed by atoms with Crippen LogP contribution in [0.25, 0.3) is 10.8 Å². The van der Waals surface area contributed by atoms with Gasteiger partial charge in [0.1, 0.15) is 10.8 Å². The molecule has 3 heterocycles. The summed E-state index contributed by atoms with van der Waals surface area (Å²) in [7, 11) is -3.58. The highest BCUT2D eigenvalue weighted by Gasteiger charge is 2.26. The molecular weight excluding hydrogens is 606 g/mol. The second kappa shape index (κ2) is 12.4. The highest BCUT2D eigenvalue weighted by Crippen LogP contribution is 2.40. The molecular formula is C30H36ClN7O5S. The standard InChI is InChI=1S/C30H36ClN7O5S/c1-17(2)43-25-13-19-16-38(20-9-11-37(12-10-20)29(32)40)28(39)21(19)14-24(25)35-30-33-15-22(31)27(36-30)34-23-7-5-6-8-26(23)44(41,42)18(3)4/h5-8,13-18,20,39H,9-12H2,1-4H3,(H2,32,40)(H2,33,34,35,36). The molecule has 234 valence electrons. The highest BCUT2D eigenvalue weighted by atomic mass is 35.5. The molecule has 1 aliphatic rings. The minimum atomic E-state index is -3.58. The van der Waals surface area contributed by atoms with Crippen LogP contribution >= 0.6 is 11.6 Å². The van der Waals surface area contributed by atoms with E-state index >= 15 is 0 Å². The van der Waals surface area contributed by atoms with Crippen molar-refractivity contribution in [2.75, 3.05) is 23.7 Å². The van der Waals surface area contributed by atoms with Crippen LogP contribution in [0.1, 0.15) is 46.6 Å². The lowest BCUT2D eigenvalue weighted by molar-refractivity contribution is 0.177. The van der Waals surface area contributed by atoms with Crippen LogP contribution in [0, 0.1) is 0 Å². The fourth-order valence-electron chi connectivity index (χ4n) is 5.17. The number of hydrogen-bond donors (Lipinski definition) is 4. The molecule has 5 N–H and O–H groups in total. The molecule has 12 nitrogen and oxygen atoms in total. The Kier molecular flexibility index (Phi) is 8.80. The van der Waals surface area contributed by atoms with Crippen LogP contribution in [0.3, 0.4) is 0 Å². The number of nitrogens with one attached hydrogen (secondary N) is 2. The molecule has 1 aliphatic heterocycles. The number of anilines is 4. The maximum atomic E-state index is 13.0. The number of aromatic hydroxyl groups is 1. The van der Waals surface area contributed by atoms with E-state index in [2.05, 4.69) is 20.6 Å². The topological polar surface area (TPSA) is 165 Å². The first kappa shape index (κ1) is 31.2. The number of hydrogen-bond acceptors (Lipinski definition) is 9. The summed E-state index contributed by atoms with van der Waals surface area (Å²) >= 11 is 6.43. The highest BCUT2D eigenvalue weighted by molar-refractivity contribution is 7.92. The maximum Gasteiger partial charge on any atom is 0.314 e. The van der Waals surface area contributed by atoms with E-state index in [9.17, 15) is 18.3 Å². The number of halogens is 1. The molecule has 0 aliphatic carbocycles. The van der Waals surface area contributed by atoms with Crippen molar-refractivity contribution in [1.29, 1.82) is 0 Å². The monoisotopic (exact) mass is 641 g/mol. The van der Waals surface area contributed by atoms with Gasteiger partial charge < -0.3 is 35.7 Å². The summed E-state index contributed by atoms with van der Waals surface area (Å²) in [4.78, 5) is 22.1. The molecule has 5 rings (SSSR count). The van der Waals surface area contributed by atoms with Crippen molar-refractivity contribution in [3.63, 3.8) is 0 Å². The zero-order chi connectivity index (χ0) is 31.8. The van der Waals surface area contributed by atoms with E-state index in [1.807, 2.05) is 30.7 Å². The van der Waals surface area contributed by atoms with Gasteiger partial charge in [-0.1, -0.05) is 23.7 Å². The van der Waals surface area contributed by atoms with Gasteiger partial charge in [0.25, 0.3) is 0 Å². The van der Waals surface area contributed by atoms with E-state index in [1.165, 1.54) is 12.3 Å². The number of nitrogens with zero attached hydrogens (tertiary/aromatic N) is 4. The quantitative estimate of drug-likeness (QED) is 0.172. The average molecular weight is 642 g/mol. The zero-order valence-electron chi connectivity index (χ0n) is 24.9. The van der Waals surface area contributed by atoms with Gasteiger partial charge in [-0.25, -0.2) is 18.2 Å². The molecule has 0 saturated carbocycles. The summed E-state index contributed by atoms with van der Waals surface area (Å²) < 4.78 is 33.9. The number of aromatic nitrogens is 3. The van der Waals surface area contributed by atoms with Crippen molar-refractivity contribution < 1.29 is 23.1 Å². The van der Waals surface area contributed by atoms with Gasteiger partial charge in [0.05, 0.1) is 33.8 Å². The molecule has 2 amide bonds. The third kappa shape index (κ3) is 6.34. The molecule has 2 aromatic heterocycles. The van der Waals surface area contributed by atoms with Crippen LogP contribution in [-0.2, 0) is 9.84 Å². The van der Waals surface area contributed by atoms with Crippen molar-refractivity contribution in [2.24, 2.45) is 5.73 Å². The predicted octanol–water partition coefficient (Wildman–Crippen LogP) is 5.96. The first-order valence-corrected chi connectivity index (χ1v) is 16.3. The Morgan fingerprint density at radius 1 is 1.11 bits per heavy atom. The van der Waals surface area contributed by atoms with Gasteiger partial charge in [-0.05, 0) is 64.8 Å². The summed E-state index contributed by atoms with van der Waals surface area (Å²) in [6.07, 6.45) is 4.47. The van der Waals surface area contributed by atoms with Crippen molar-refractivity contribution in [3.8, 4) is 11.6 Å². The number of primary amides is 1. The number of benzene rings is 2. The first-order valence-electron chi connectivity index (χ1n) is 14.3. The van der Waals surface area contributed by atoms with Crippen LogP contribution in [0.4, 0.5) is 27.9 Å². The number of ether oxygens (including phenoxy) is 1. The molecule has 0 radical (unpaired) electrons. The lowest BCUT2D eigenvalue weighted by Crippen LogP contribution is -2.41. The van der Waals surface area contributed by atoms with E-state index in [1.54, 1.807) is 43.0 Å². The number of urea groups is 1. The van der Waals surface area contributed by atoms with Crippen molar-refractivity contribution in [1.82, 2.24) is 19.4 Å². The minimum Gasteiger partial charge on any atom is -0.494 e. The fraction of sp³-hybridized carbons (Fsp3) is 0.367. The number of rotatable bonds is 9. The molecule has 14 heteroatoms. The van der Waals surface area contributed by atoms with E-state index in [0.29, 0.717) is 48.4 Å². The van der Waals surface area contributed by atoms with Crippen LogP contribution < -0.4 is 21.1 Å². The zero-order valence-corrected chi connectivity index (χ0v) is 26.5. The van der Waals surface area contributed by atoms with E-state index < -0.39 is 21.1 Å². The van der Waals surface area contributed by atoms with Gasteiger partial charge in [-0.15, -0.1) is 0 Å². The van der Waals surface area contributed by atoms with Gasteiger partial charge in [0, 0.05) is 36.1 Å². The van der Waals surface area contributed by atoms with Gasteiger partial charge in [0.2, 0.25) is 5.95 Å². The Hall–Kier alpha value is -4.23. The molecule has 2 aromatic carbocycles.